The van der Waals surface area contributed by atoms with E-state index >= 15 is 4.39 Å². The van der Waals surface area contributed by atoms with Crippen LogP contribution >= 0.6 is 0 Å². The van der Waals surface area contributed by atoms with Gasteiger partial charge in [-0.05, 0) is 35.9 Å². The van der Waals surface area contributed by atoms with Gasteiger partial charge in [0.05, 0.1) is 18.1 Å². The molecule has 0 unspecified atom stereocenters. The Kier molecular flexibility index (Phi) is 6.08. The molecule has 35 heavy (non-hydrogen) atoms. The van der Waals surface area contributed by atoms with Crippen LogP contribution in [0.3, 0.4) is 0 Å². The van der Waals surface area contributed by atoms with Gasteiger partial charge in [-0.15, -0.1) is 6.42 Å². The van der Waals surface area contributed by atoms with Crippen molar-refractivity contribution in [2.24, 2.45) is 5.92 Å². The van der Waals surface area contributed by atoms with Crippen LogP contribution in [0.25, 0.3) is 32.9 Å². The van der Waals surface area contributed by atoms with Gasteiger partial charge in [-0.3, -0.25) is 4.98 Å². The topological polar surface area (TPSA) is 86.0 Å². The van der Waals surface area contributed by atoms with E-state index in [1.54, 1.807) is 12.1 Å². The molecule has 178 valence electrons. The molecule has 2 heterocycles. The predicted molar refractivity (Wildman–Crippen MR) is 134 cm³/mol. The van der Waals surface area contributed by atoms with Crippen molar-refractivity contribution in [2.45, 2.75) is 32.1 Å². The standard InChI is InChI=1S/C27H25F2N5O/c1-3-18-21(28)10-9-16-12-17(30)13-19(22(16)18)24-23(29)25-20(14-32-24)26(34-27(33-25)35-2)31-11-5-4-6-15-7-8-15/h1,9-10,12-15H,4-8,11,30H2,2H3,(H,31,33,34). The van der Waals surface area contributed by atoms with E-state index in [2.05, 4.69) is 26.2 Å². The fourth-order valence-corrected chi connectivity index (χ4v) is 4.41. The number of aromatic nitrogens is 3. The van der Waals surface area contributed by atoms with Gasteiger partial charge in [0, 0.05) is 29.4 Å². The third-order valence-electron chi connectivity index (χ3n) is 6.36. The summed E-state index contributed by atoms with van der Waals surface area (Å²) in [5, 5.41) is 4.65. The first kappa shape index (κ1) is 22.8. The molecule has 1 saturated carbocycles. The van der Waals surface area contributed by atoms with Crippen molar-refractivity contribution in [3.05, 3.63) is 47.7 Å². The number of nitrogens with one attached hydrogen (secondary N) is 1. The number of benzene rings is 2. The van der Waals surface area contributed by atoms with Gasteiger partial charge >= 0.3 is 6.01 Å². The number of rotatable bonds is 8. The summed E-state index contributed by atoms with van der Waals surface area (Å²) in [5.74, 6) is 2.44. The molecule has 0 radical (unpaired) electrons. The van der Waals surface area contributed by atoms with Crippen molar-refractivity contribution >= 4 is 33.2 Å². The average molecular weight is 474 g/mol. The normalized spacial score (nSPS) is 13.2. The number of terminal acetylenes is 1. The first-order valence-corrected chi connectivity index (χ1v) is 11.6. The third kappa shape index (κ3) is 4.42. The Labute approximate surface area is 201 Å². The van der Waals surface area contributed by atoms with Crippen molar-refractivity contribution in [3.8, 4) is 29.6 Å². The summed E-state index contributed by atoms with van der Waals surface area (Å²) >= 11 is 0. The zero-order chi connectivity index (χ0) is 24.5. The summed E-state index contributed by atoms with van der Waals surface area (Å²) in [6.07, 6.45) is 13.1. The second-order valence-corrected chi connectivity index (χ2v) is 8.84. The smallest absolute Gasteiger partial charge is 0.318 e. The van der Waals surface area contributed by atoms with E-state index in [9.17, 15) is 4.39 Å². The number of nitrogens with two attached hydrogens (primary N) is 1. The molecule has 0 bridgehead atoms. The molecular formula is C27H25F2N5O. The second kappa shape index (κ2) is 9.34. The summed E-state index contributed by atoms with van der Waals surface area (Å²) in [7, 11) is 1.42. The fourth-order valence-electron chi connectivity index (χ4n) is 4.41. The zero-order valence-corrected chi connectivity index (χ0v) is 19.4. The molecule has 2 aromatic carbocycles. The highest BCUT2D eigenvalue weighted by Crippen LogP contribution is 2.37. The molecule has 2 aromatic heterocycles. The number of anilines is 2. The predicted octanol–water partition coefficient (Wildman–Crippen LogP) is 5.69. The minimum Gasteiger partial charge on any atom is -0.467 e. The Morgan fingerprint density at radius 2 is 2.03 bits per heavy atom. The number of nitrogens with zero attached hydrogens (tertiary/aromatic N) is 3. The van der Waals surface area contributed by atoms with Crippen LogP contribution in [0.4, 0.5) is 20.3 Å². The van der Waals surface area contributed by atoms with Gasteiger partial charge in [-0.1, -0.05) is 37.7 Å². The van der Waals surface area contributed by atoms with Gasteiger partial charge in [0.2, 0.25) is 0 Å². The van der Waals surface area contributed by atoms with Crippen LogP contribution in [0, 0.1) is 29.9 Å². The molecule has 0 saturated heterocycles. The largest absolute Gasteiger partial charge is 0.467 e. The van der Waals surface area contributed by atoms with Crippen LogP contribution in [-0.4, -0.2) is 28.6 Å². The van der Waals surface area contributed by atoms with Crippen molar-refractivity contribution in [1.29, 1.82) is 0 Å². The minimum atomic E-state index is -0.695. The van der Waals surface area contributed by atoms with Crippen molar-refractivity contribution in [3.63, 3.8) is 0 Å². The number of unbranched alkanes of at least 4 members (excludes halogenated alkanes) is 1. The fraction of sp³-hybridized carbons (Fsp3) is 0.296. The number of halogens is 2. The van der Waals surface area contributed by atoms with Crippen molar-refractivity contribution in [2.75, 3.05) is 24.7 Å². The molecule has 1 aliphatic carbocycles. The van der Waals surface area contributed by atoms with Crippen LogP contribution in [0.5, 0.6) is 6.01 Å². The Hall–Kier alpha value is -3.99. The van der Waals surface area contributed by atoms with E-state index in [0.29, 0.717) is 39.8 Å². The molecule has 1 aliphatic rings. The van der Waals surface area contributed by atoms with Gasteiger partial charge in [-0.25, -0.2) is 8.78 Å². The lowest BCUT2D eigenvalue weighted by Gasteiger charge is -2.14. The Morgan fingerprint density at radius 1 is 1.20 bits per heavy atom. The molecule has 0 atom stereocenters. The lowest BCUT2D eigenvalue weighted by molar-refractivity contribution is 0.382. The molecule has 5 rings (SSSR count). The number of hydrogen-bond donors (Lipinski definition) is 2. The maximum Gasteiger partial charge on any atom is 0.318 e. The van der Waals surface area contributed by atoms with E-state index in [1.807, 2.05) is 0 Å². The summed E-state index contributed by atoms with van der Waals surface area (Å²) < 4.78 is 35.7. The number of methoxy groups -OCH3 is 1. The highest BCUT2D eigenvalue weighted by atomic mass is 19.1. The van der Waals surface area contributed by atoms with Gasteiger partial charge < -0.3 is 15.8 Å². The van der Waals surface area contributed by atoms with Crippen LogP contribution in [0.15, 0.2) is 30.5 Å². The minimum absolute atomic E-state index is 0.0209. The number of fused-ring (bicyclic) bond motifs is 2. The van der Waals surface area contributed by atoms with E-state index in [1.165, 1.54) is 44.7 Å². The van der Waals surface area contributed by atoms with E-state index in [0.717, 1.165) is 18.8 Å². The molecule has 0 spiro atoms. The maximum absolute atomic E-state index is 16.0. The lowest BCUT2D eigenvalue weighted by Crippen LogP contribution is -2.07. The van der Waals surface area contributed by atoms with Gasteiger partial charge in [0.25, 0.3) is 0 Å². The van der Waals surface area contributed by atoms with Gasteiger partial charge in [0.1, 0.15) is 22.8 Å². The molecule has 1 fully saturated rings. The first-order chi connectivity index (χ1) is 17.0. The average Bonchev–Trinajstić information content (AvgIpc) is 3.68. The summed E-state index contributed by atoms with van der Waals surface area (Å²) in [4.78, 5) is 13.0. The third-order valence-corrected chi connectivity index (χ3v) is 6.36. The number of nitrogen functional groups attached to an aromatic ring is 1. The maximum atomic E-state index is 16.0. The highest BCUT2D eigenvalue weighted by Gasteiger charge is 2.22. The summed E-state index contributed by atoms with van der Waals surface area (Å²) in [6, 6.07) is 6.06. The molecule has 8 heteroatoms. The Balaban J connectivity index is 1.60. The number of ether oxygens (including phenoxy) is 1. The molecule has 0 amide bonds. The number of pyridine rings is 1. The van der Waals surface area contributed by atoms with Gasteiger partial charge in [0.15, 0.2) is 5.82 Å². The SMILES string of the molecule is C#Cc1c(F)ccc2cc(N)cc(-c3ncc4c(NCCCCC5CC5)nc(OC)nc4c3F)c12. The molecular weight excluding hydrogens is 448 g/mol. The zero-order valence-electron chi connectivity index (χ0n) is 19.4. The number of hydrogen-bond acceptors (Lipinski definition) is 6. The molecule has 4 aromatic rings. The molecule has 3 N–H and O–H groups in total. The highest BCUT2D eigenvalue weighted by molar-refractivity contribution is 6.03. The molecule has 6 nitrogen and oxygen atoms in total. The van der Waals surface area contributed by atoms with Crippen LogP contribution in [-0.2, 0) is 0 Å². The van der Waals surface area contributed by atoms with E-state index in [4.69, 9.17) is 16.9 Å². The summed E-state index contributed by atoms with van der Waals surface area (Å²) in [5.41, 5.74) is 6.76. The Morgan fingerprint density at radius 3 is 2.77 bits per heavy atom. The summed E-state index contributed by atoms with van der Waals surface area (Å²) in [6.45, 7) is 0.690. The van der Waals surface area contributed by atoms with Crippen LogP contribution < -0.4 is 15.8 Å². The molecule has 0 aliphatic heterocycles. The first-order valence-electron chi connectivity index (χ1n) is 11.6. The van der Waals surface area contributed by atoms with E-state index in [-0.39, 0.29) is 22.8 Å². The van der Waals surface area contributed by atoms with Crippen molar-refractivity contribution in [1.82, 2.24) is 15.0 Å². The van der Waals surface area contributed by atoms with Crippen LogP contribution in [0.1, 0.15) is 37.7 Å². The quantitative estimate of drug-likeness (QED) is 0.194. The van der Waals surface area contributed by atoms with E-state index < -0.39 is 11.6 Å². The monoisotopic (exact) mass is 473 g/mol. The van der Waals surface area contributed by atoms with Crippen molar-refractivity contribution < 1.29 is 13.5 Å². The Bertz CT molecular complexity index is 1480. The van der Waals surface area contributed by atoms with Gasteiger partial charge in [-0.2, -0.15) is 9.97 Å². The van der Waals surface area contributed by atoms with Crippen LogP contribution in [0.2, 0.25) is 0 Å². The lowest BCUT2D eigenvalue weighted by atomic mass is 9.95. The second-order valence-electron chi connectivity index (χ2n) is 8.84.